The second kappa shape index (κ2) is 8.71. The third-order valence-corrected chi connectivity index (χ3v) is 7.53. The number of aromatic nitrogens is 1. The van der Waals surface area contributed by atoms with Gasteiger partial charge in [0.1, 0.15) is 11.5 Å². The lowest BCUT2D eigenvalue weighted by molar-refractivity contribution is 0.340. The summed E-state index contributed by atoms with van der Waals surface area (Å²) >= 11 is 1.39. The van der Waals surface area contributed by atoms with Crippen molar-refractivity contribution in [3.8, 4) is 11.5 Å². The van der Waals surface area contributed by atoms with Crippen LogP contribution in [0, 0.1) is 0 Å². The maximum atomic E-state index is 13.7. The predicted molar refractivity (Wildman–Crippen MR) is 138 cm³/mol. The minimum Gasteiger partial charge on any atom is -0.508 e. The number of ether oxygens (including phenoxy) is 1. The largest absolute Gasteiger partial charge is 0.508 e. The highest BCUT2D eigenvalue weighted by Crippen LogP contribution is 2.41. The number of benzene rings is 3. The van der Waals surface area contributed by atoms with Gasteiger partial charge in [-0.2, -0.15) is 0 Å². The van der Waals surface area contributed by atoms with Crippen molar-refractivity contribution in [1.29, 1.82) is 0 Å². The molecule has 0 saturated heterocycles. The first-order chi connectivity index (χ1) is 17.1. The molecule has 5 nitrogen and oxygen atoms in total. The number of allylic oxidation sites excluding steroid dienone is 1. The molecular formula is C29H24N2O3S. The first-order valence-corrected chi connectivity index (χ1v) is 12.6. The Morgan fingerprint density at radius 3 is 2.71 bits per heavy atom. The van der Waals surface area contributed by atoms with E-state index in [2.05, 4.69) is 30.3 Å². The Morgan fingerprint density at radius 1 is 1.09 bits per heavy atom. The van der Waals surface area contributed by atoms with Crippen molar-refractivity contribution in [2.45, 2.75) is 25.8 Å². The Kier molecular flexibility index (Phi) is 5.38. The maximum absolute atomic E-state index is 13.7. The van der Waals surface area contributed by atoms with Crippen LogP contribution in [0.1, 0.15) is 41.6 Å². The molecule has 0 bridgehead atoms. The first kappa shape index (κ1) is 21.6. The first-order valence-electron chi connectivity index (χ1n) is 11.8. The van der Waals surface area contributed by atoms with Gasteiger partial charge in [-0.3, -0.25) is 9.36 Å². The van der Waals surface area contributed by atoms with Crippen molar-refractivity contribution < 1.29 is 9.84 Å². The number of nitrogens with zero attached hydrogens (tertiary/aromatic N) is 2. The van der Waals surface area contributed by atoms with Crippen molar-refractivity contribution in [2.75, 3.05) is 6.61 Å². The zero-order valence-corrected chi connectivity index (χ0v) is 20.1. The molecule has 174 valence electrons. The van der Waals surface area contributed by atoms with Gasteiger partial charge in [-0.05, 0) is 72.4 Å². The van der Waals surface area contributed by atoms with Crippen LogP contribution in [0.3, 0.4) is 0 Å². The van der Waals surface area contributed by atoms with Crippen LogP contribution in [0.25, 0.3) is 11.8 Å². The molecule has 4 aromatic rings. The lowest BCUT2D eigenvalue weighted by Gasteiger charge is -2.30. The quantitative estimate of drug-likeness (QED) is 0.470. The van der Waals surface area contributed by atoms with Crippen molar-refractivity contribution in [2.24, 2.45) is 4.99 Å². The highest BCUT2D eigenvalue weighted by Gasteiger charge is 2.32. The van der Waals surface area contributed by atoms with Gasteiger partial charge in [0.15, 0.2) is 4.80 Å². The summed E-state index contributed by atoms with van der Waals surface area (Å²) in [6, 6.07) is 23.2. The molecular weight excluding hydrogens is 456 g/mol. The fraction of sp³-hybridized carbons (Fsp3) is 0.172. The molecule has 35 heavy (non-hydrogen) atoms. The number of phenolic OH excluding ortho intramolecular Hbond substituents is 1. The van der Waals surface area contributed by atoms with Gasteiger partial charge in [-0.25, -0.2) is 4.99 Å². The molecule has 1 aliphatic carbocycles. The van der Waals surface area contributed by atoms with E-state index < -0.39 is 0 Å². The topological polar surface area (TPSA) is 63.8 Å². The normalized spacial score (nSPS) is 16.8. The van der Waals surface area contributed by atoms with Gasteiger partial charge in [0.25, 0.3) is 5.56 Å². The van der Waals surface area contributed by atoms with Crippen LogP contribution >= 0.6 is 11.3 Å². The lowest BCUT2D eigenvalue weighted by atomic mass is 9.83. The second-order valence-electron chi connectivity index (χ2n) is 8.71. The summed E-state index contributed by atoms with van der Waals surface area (Å²) in [5.41, 5.74) is 6.35. The van der Waals surface area contributed by atoms with E-state index in [1.807, 2.05) is 41.8 Å². The number of rotatable bonds is 4. The molecule has 0 unspecified atom stereocenters. The maximum Gasteiger partial charge on any atom is 0.271 e. The van der Waals surface area contributed by atoms with Crippen molar-refractivity contribution in [1.82, 2.24) is 4.57 Å². The van der Waals surface area contributed by atoms with Gasteiger partial charge in [-0.1, -0.05) is 59.9 Å². The third kappa shape index (κ3) is 3.80. The smallest absolute Gasteiger partial charge is 0.271 e. The minimum atomic E-state index is -0.225. The summed E-state index contributed by atoms with van der Waals surface area (Å²) in [5.74, 6) is 0.988. The molecule has 3 aromatic carbocycles. The van der Waals surface area contributed by atoms with E-state index in [9.17, 15) is 9.90 Å². The SMILES string of the molecule is CCOc1ccc([C@@H]2C3=C(N=c4s/c(=C\c5cccc(O)c5)c(=O)n42)c2ccccc2CC3)cc1. The molecule has 6 heteroatoms. The van der Waals surface area contributed by atoms with E-state index in [0.29, 0.717) is 15.9 Å². The van der Waals surface area contributed by atoms with Crippen LogP contribution in [-0.4, -0.2) is 16.3 Å². The number of hydrogen-bond donors (Lipinski definition) is 1. The van der Waals surface area contributed by atoms with Crippen LogP contribution in [-0.2, 0) is 6.42 Å². The zero-order chi connectivity index (χ0) is 23.9. The van der Waals surface area contributed by atoms with E-state index >= 15 is 0 Å². The number of fused-ring (bicyclic) bond motifs is 3. The van der Waals surface area contributed by atoms with Crippen molar-refractivity contribution in [3.05, 3.63) is 120 Å². The molecule has 6 rings (SSSR count). The molecule has 2 aliphatic rings. The number of hydrogen-bond acceptors (Lipinski definition) is 5. The molecule has 1 N–H and O–H groups in total. The standard InChI is InChI=1S/C29H24N2O3S/c1-2-34-22-13-10-20(11-14-22)27-24-15-12-19-7-3-4-9-23(19)26(24)30-29-31(27)28(33)25(35-29)17-18-6-5-8-21(32)16-18/h3-11,13-14,16-17,27,32H,2,12,15H2,1H3/b25-17-/t27-/m1/s1. The minimum absolute atomic E-state index is 0.0682. The van der Waals surface area contributed by atoms with E-state index in [-0.39, 0.29) is 17.4 Å². The molecule has 0 spiro atoms. The van der Waals surface area contributed by atoms with Crippen LogP contribution in [0.15, 0.2) is 88.2 Å². The van der Waals surface area contributed by atoms with Crippen LogP contribution in [0.4, 0.5) is 0 Å². The fourth-order valence-electron chi connectivity index (χ4n) is 5.00. The molecule has 0 fully saturated rings. The summed E-state index contributed by atoms with van der Waals surface area (Å²) in [4.78, 5) is 19.5. The molecule has 1 aliphatic heterocycles. The predicted octanol–water partition coefficient (Wildman–Crippen LogP) is 4.42. The number of aryl methyl sites for hydroxylation is 1. The highest BCUT2D eigenvalue weighted by molar-refractivity contribution is 7.07. The summed E-state index contributed by atoms with van der Waals surface area (Å²) in [6.45, 7) is 2.57. The van der Waals surface area contributed by atoms with E-state index in [1.165, 1.54) is 22.5 Å². The van der Waals surface area contributed by atoms with Crippen LogP contribution in [0.5, 0.6) is 11.5 Å². The Bertz CT molecular complexity index is 1640. The second-order valence-corrected chi connectivity index (χ2v) is 9.72. The van der Waals surface area contributed by atoms with Crippen LogP contribution in [0.2, 0.25) is 0 Å². The Balaban J connectivity index is 1.59. The van der Waals surface area contributed by atoms with Gasteiger partial charge in [0, 0.05) is 5.56 Å². The monoisotopic (exact) mass is 480 g/mol. The van der Waals surface area contributed by atoms with E-state index in [4.69, 9.17) is 9.73 Å². The molecule has 0 radical (unpaired) electrons. The lowest BCUT2D eigenvalue weighted by Crippen LogP contribution is -2.38. The van der Waals surface area contributed by atoms with Gasteiger partial charge >= 0.3 is 0 Å². The van der Waals surface area contributed by atoms with Gasteiger partial charge < -0.3 is 9.84 Å². The van der Waals surface area contributed by atoms with Gasteiger partial charge in [-0.15, -0.1) is 0 Å². The number of aromatic hydroxyl groups is 1. The van der Waals surface area contributed by atoms with Crippen molar-refractivity contribution in [3.63, 3.8) is 0 Å². The average Bonchev–Trinajstić information content (AvgIpc) is 3.18. The summed E-state index contributed by atoms with van der Waals surface area (Å²) in [5, 5.41) is 9.87. The van der Waals surface area contributed by atoms with Crippen LogP contribution < -0.4 is 19.6 Å². The Morgan fingerprint density at radius 2 is 1.91 bits per heavy atom. The van der Waals surface area contributed by atoms with Gasteiger partial charge in [0.05, 0.1) is 22.9 Å². The molecule has 1 aromatic heterocycles. The summed E-state index contributed by atoms with van der Waals surface area (Å²) < 4.78 is 8.08. The van der Waals surface area contributed by atoms with E-state index in [1.54, 1.807) is 18.2 Å². The number of thiazole rings is 1. The Labute approximate surface area is 206 Å². The summed E-state index contributed by atoms with van der Waals surface area (Å²) in [6.07, 6.45) is 3.60. The van der Waals surface area contributed by atoms with Crippen molar-refractivity contribution >= 4 is 23.1 Å². The fourth-order valence-corrected chi connectivity index (χ4v) is 6.00. The zero-order valence-electron chi connectivity index (χ0n) is 19.3. The van der Waals surface area contributed by atoms with E-state index in [0.717, 1.165) is 41.0 Å². The third-order valence-electron chi connectivity index (χ3n) is 6.55. The Hall–Kier alpha value is -3.90. The molecule has 0 saturated carbocycles. The molecule has 1 atom stereocenters. The average molecular weight is 481 g/mol. The van der Waals surface area contributed by atoms with Gasteiger partial charge in [0.2, 0.25) is 0 Å². The number of phenols is 1. The highest BCUT2D eigenvalue weighted by atomic mass is 32.1. The molecule has 0 amide bonds. The summed E-state index contributed by atoms with van der Waals surface area (Å²) in [7, 11) is 0. The molecule has 2 heterocycles.